The maximum absolute atomic E-state index is 10.7. The van der Waals surface area contributed by atoms with Gasteiger partial charge >= 0.3 is 177 Å². The standard InChI is InChI=1S/3C7H7.CH3.F6P.Sb/c3*1-7-5-3-2-4-6-7;;1-7(2,3,4,5)6;/h3*3-6H,1H3;1H3;;/q;;;;-1;+1. The molecule has 30 heavy (non-hydrogen) atoms. The Kier molecular flexibility index (Phi) is 6.50. The van der Waals surface area contributed by atoms with Crippen molar-refractivity contribution in [1.29, 1.82) is 0 Å². The minimum absolute atomic E-state index is 1.33. The van der Waals surface area contributed by atoms with Crippen LogP contribution in [0.15, 0.2) is 72.8 Å². The Morgan fingerprint density at radius 2 is 0.633 bits per heavy atom. The van der Waals surface area contributed by atoms with Crippen LogP contribution in [0.2, 0.25) is 4.87 Å². The predicted octanol–water partition coefficient (Wildman–Crippen LogP) is 7.09. The van der Waals surface area contributed by atoms with Crippen molar-refractivity contribution in [3.63, 3.8) is 0 Å². The average Bonchev–Trinajstić information content (AvgIpc) is 2.60. The van der Waals surface area contributed by atoms with E-state index in [4.69, 9.17) is 0 Å². The van der Waals surface area contributed by atoms with Gasteiger partial charge in [-0.2, -0.15) is 0 Å². The Labute approximate surface area is 177 Å². The van der Waals surface area contributed by atoms with Crippen LogP contribution in [0.5, 0.6) is 0 Å². The van der Waals surface area contributed by atoms with Crippen LogP contribution in [0.1, 0.15) is 16.7 Å². The van der Waals surface area contributed by atoms with Gasteiger partial charge in [0, 0.05) is 0 Å². The van der Waals surface area contributed by atoms with Gasteiger partial charge in [-0.1, -0.05) is 0 Å². The topological polar surface area (TPSA) is 0 Å². The number of hydrogen-bond acceptors (Lipinski definition) is 0. The molecule has 3 aromatic carbocycles. The second-order valence-corrected chi connectivity index (χ2v) is 19.6. The van der Waals surface area contributed by atoms with Crippen LogP contribution in [0, 0.1) is 20.8 Å². The third-order valence-electron chi connectivity index (χ3n) is 4.65. The Hall–Kier alpha value is -1.51. The van der Waals surface area contributed by atoms with Gasteiger partial charge in [0.15, 0.2) is 0 Å². The third kappa shape index (κ3) is 7.96. The van der Waals surface area contributed by atoms with E-state index in [1.54, 1.807) is 0 Å². The summed E-state index contributed by atoms with van der Waals surface area (Å²) in [4.78, 5) is 2.53. The number of rotatable bonds is 3. The molecule has 0 heterocycles. The molecule has 3 aromatic rings. The molecule has 0 fully saturated rings. The van der Waals surface area contributed by atoms with Crippen LogP contribution >= 0.6 is 7.81 Å². The molecule has 0 amide bonds. The van der Waals surface area contributed by atoms with Crippen LogP contribution < -0.4 is 10.5 Å². The fourth-order valence-corrected chi connectivity index (χ4v) is 11.9. The minimum atomic E-state index is -10.7. The van der Waals surface area contributed by atoms with Crippen LogP contribution in [0.4, 0.5) is 25.2 Å². The van der Waals surface area contributed by atoms with Crippen LogP contribution in [0.25, 0.3) is 0 Å². The molecule has 0 aliphatic rings. The molecular formula is C22H24F6PSb. The third-order valence-corrected chi connectivity index (χ3v) is 16.0. The summed E-state index contributed by atoms with van der Waals surface area (Å²) in [6, 6.07) is 27.6. The van der Waals surface area contributed by atoms with E-state index in [9.17, 15) is 25.2 Å². The summed E-state index contributed by atoms with van der Waals surface area (Å²) in [6.07, 6.45) is 0. The van der Waals surface area contributed by atoms with Crippen molar-refractivity contribution < 1.29 is 25.2 Å². The van der Waals surface area contributed by atoms with Crippen LogP contribution in [0.3, 0.4) is 0 Å². The molecule has 0 unspecified atom stereocenters. The fourth-order valence-electron chi connectivity index (χ4n) is 2.98. The first kappa shape index (κ1) is 24.8. The van der Waals surface area contributed by atoms with E-state index >= 15 is 0 Å². The molecule has 0 bridgehead atoms. The van der Waals surface area contributed by atoms with Gasteiger partial charge in [0.05, 0.1) is 0 Å². The molecule has 0 saturated heterocycles. The first-order valence-electron chi connectivity index (χ1n) is 9.10. The quantitative estimate of drug-likeness (QED) is 0.184. The van der Waals surface area contributed by atoms with Gasteiger partial charge in [0.1, 0.15) is 0 Å². The van der Waals surface area contributed by atoms with Crippen molar-refractivity contribution in [3.8, 4) is 0 Å². The molecule has 0 aromatic heterocycles. The zero-order valence-corrected chi connectivity index (χ0v) is 20.5. The Morgan fingerprint density at radius 1 is 0.467 bits per heavy atom. The summed E-state index contributed by atoms with van der Waals surface area (Å²) < 4.78 is 63.8. The maximum atomic E-state index is 9.87. The molecule has 0 nitrogen and oxygen atoms in total. The van der Waals surface area contributed by atoms with E-state index < -0.39 is 26.6 Å². The molecule has 0 saturated carbocycles. The average molecular weight is 555 g/mol. The van der Waals surface area contributed by atoms with E-state index in [0.717, 1.165) is 0 Å². The van der Waals surface area contributed by atoms with Crippen molar-refractivity contribution in [2.45, 2.75) is 25.6 Å². The predicted molar refractivity (Wildman–Crippen MR) is 118 cm³/mol. The number of benzene rings is 3. The zero-order valence-electron chi connectivity index (χ0n) is 17.1. The Bertz CT molecular complexity index is 871. The molecule has 0 aliphatic heterocycles. The fraction of sp³-hybridized carbons (Fsp3) is 0.182. The summed E-state index contributed by atoms with van der Waals surface area (Å²) in [7, 11) is -10.7. The van der Waals surface area contributed by atoms with Crippen molar-refractivity contribution >= 4 is 37.1 Å². The molecule has 164 valence electrons. The van der Waals surface area contributed by atoms with Crippen molar-refractivity contribution in [3.05, 3.63) is 89.5 Å². The van der Waals surface area contributed by atoms with Gasteiger partial charge < -0.3 is 0 Å². The SMILES string of the molecule is Cc1cc[c]([Sb+]([CH3])([c]2ccc(C)cc2)[c]2ccc(C)cc2)cc1.F[P-](F)(F)(F)(F)F. The summed E-state index contributed by atoms with van der Waals surface area (Å²) >= 11 is -2.74. The molecule has 0 N–H and O–H groups in total. The first-order valence-corrected chi connectivity index (χ1v) is 17.5. The van der Waals surface area contributed by atoms with Crippen molar-refractivity contribution in [1.82, 2.24) is 0 Å². The molecule has 0 radical (unpaired) electrons. The molecular weight excluding hydrogens is 531 g/mol. The van der Waals surface area contributed by atoms with E-state index in [1.165, 1.54) is 27.2 Å². The van der Waals surface area contributed by atoms with Gasteiger partial charge in [-0.15, -0.1) is 0 Å². The van der Waals surface area contributed by atoms with Gasteiger partial charge in [0.25, 0.3) is 0 Å². The molecule has 0 spiro atoms. The van der Waals surface area contributed by atoms with E-state index in [-0.39, 0.29) is 0 Å². The number of aryl methyl sites for hydroxylation is 3. The monoisotopic (exact) mass is 554 g/mol. The molecule has 0 aliphatic carbocycles. The number of hydrogen-bond donors (Lipinski definition) is 0. The molecule has 0 atom stereocenters. The summed E-state index contributed by atoms with van der Waals surface area (Å²) in [6.45, 7) is 6.48. The van der Waals surface area contributed by atoms with Gasteiger partial charge in [-0.3, -0.25) is 0 Å². The molecule has 3 rings (SSSR count). The van der Waals surface area contributed by atoms with Gasteiger partial charge in [-0.25, -0.2) is 0 Å². The van der Waals surface area contributed by atoms with Gasteiger partial charge in [-0.05, 0) is 0 Å². The second-order valence-electron chi connectivity index (χ2n) is 7.47. The van der Waals surface area contributed by atoms with E-state index in [2.05, 4.69) is 98.4 Å². The van der Waals surface area contributed by atoms with Crippen molar-refractivity contribution in [2.75, 3.05) is 0 Å². The zero-order chi connectivity index (χ0) is 22.9. The molecule has 8 heteroatoms. The summed E-state index contributed by atoms with van der Waals surface area (Å²) in [5.41, 5.74) is 3.98. The number of halogens is 6. The van der Waals surface area contributed by atoms with Crippen molar-refractivity contribution in [2.24, 2.45) is 0 Å². The summed E-state index contributed by atoms with van der Waals surface area (Å²) in [5, 5.41) is 0. The summed E-state index contributed by atoms with van der Waals surface area (Å²) in [5.74, 6) is 0. The Balaban J connectivity index is 0.000000396. The Morgan fingerprint density at radius 3 is 0.800 bits per heavy atom. The van der Waals surface area contributed by atoms with Crippen LogP contribution in [-0.4, -0.2) is 18.8 Å². The van der Waals surface area contributed by atoms with Gasteiger partial charge in [0.2, 0.25) is 0 Å². The van der Waals surface area contributed by atoms with E-state index in [1.807, 2.05) is 0 Å². The van der Waals surface area contributed by atoms with Crippen LogP contribution in [-0.2, 0) is 0 Å². The second kappa shape index (κ2) is 7.87. The normalized spacial score (nSPS) is 14.2. The first-order chi connectivity index (χ1) is 13.4. The van der Waals surface area contributed by atoms with E-state index in [0.29, 0.717) is 0 Å².